The van der Waals surface area contributed by atoms with Gasteiger partial charge in [0, 0.05) is 18.4 Å². The van der Waals surface area contributed by atoms with Crippen LogP contribution in [0.25, 0.3) is 0 Å². The quantitative estimate of drug-likeness (QED) is 0.624. The Kier molecular flexibility index (Phi) is 1.95. The van der Waals surface area contributed by atoms with Crippen molar-refractivity contribution in [2.45, 2.75) is 39.2 Å². The maximum atomic E-state index is 3.37. The SMILES string of the molecule is CC(C)(C)c1c[nH]c2c1CCNC2. The van der Waals surface area contributed by atoms with Crippen molar-refractivity contribution in [2.75, 3.05) is 6.54 Å². The first-order valence-electron chi connectivity index (χ1n) is 4.99. The van der Waals surface area contributed by atoms with E-state index in [1.165, 1.54) is 17.7 Å². The van der Waals surface area contributed by atoms with E-state index in [4.69, 9.17) is 0 Å². The summed E-state index contributed by atoms with van der Waals surface area (Å²) >= 11 is 0. The topological polar surface area (TPSA) is 27.8 Å². The van der Waals surface area contributed by atoms with Crippen LogP contribution in [0.1, 0.15) is 37.6 Å². The van der Waals surface area contributed by atoms with Gasteiger partial charge in [0.1, 0.15) is 0 Å². The summed E-state index contributed by atoms with van der Waals surface area (Å²) in [7, 11) is 0. The molecule has 2 nitrogen and oxygen atoms in total. The summed E-state index contributed by atoms with van der Waals surface area (Å²) in [6, 6.07) is 0. The van der Waals surface area contributed by atoms with Crippen molar-refractivity contribution in [3.8, 4) is 0 Å². The van der Waals surface area contributed by atoms with Gasteiger partial charge in [-0.15, -0.1) is 0 Å². The number of aromatic amines is 1. The Hall–Kier alpha value is -0.760. The molecular formula is C11H18N2. The summed E-state index contributed by atoms with van der Waals surface area (Å²) < 4.78 is 0. The summed E-state index contributed by atoms with van der Waals surface area (Å²) in [5, 5.41) is 3.37. The van der Waals surface area contributed by atoms with Crippen molar-refractivity contribution >= 4 is 0 Å². The molecule has 0 saturated carbocycles. The Morgan fingerprint density at radius 3 is 2.77 bits per heavy atom. The lowest BCUT2D eigenvalue weighted by Gasteiger charge is -2.22. The number of fused-ring (bicyclic) bond motifs is 1. The molecule has 0 aliphatic carbocycles. The van der Waals surface area contributed by atoms with E-state index in [1.807, 2.05) is 0 Å². The van der Waals surface area contributed by atoms with E-state index in [1.54, 1.807) is 5.56 Å². The van der Waals surface area contributed by atoms with Crippen LogP contribution in [0.15, 0.2) is 6.20 Å². The molecule has 0 aromatic carbocycles. The summed E-state index contributed by atoms with van der Waals surface area (Å²) in [4.78, 5) is 3.37. The minimum Gasteiger partial charge on any atom is -0.363 e. The molecule has 72 valence electrons. The van der Waals surface area contributed by atoms with Crippen molar-refractivity contribution in [3.63, 3.8) is 0 Å². The van der Waals surface area contributed by atoms with Gasteiger partial charge >= 0.3 is 0 Å². The summed E-state index contributed by atoms with van der Waals surface area (Å²) in [6.45, 7) is 8.95. The molecule has 0 radical (unpaired) electrons. The highest BCUT2D eigenvalue weighted by Gasteiger charge is 2.22. The fraction of sp³-hybridized carbons (Fsp3) is 0.636. The highest BCUT2D eigenvalue weighted by Crippen LogP contribution is 2.29. The average molecular weight is 178 g/mol. The molecule has 1 aromatic rings. The van der Waals surface area contributed by atoms with Crippen LogP contribution in [0, 0.1) is 0 Å². The van der Waals surface area contributed by atoms with Crippen molar-refractivity contribution < 1.29 is 0 Å². The number of rotatable bonds is 0. The molecule has 0 amide bonds. The largest absolute Gasteiger partial charge is 0.363 e. The maximum Gasteiger partial charge on any atom is 0.0360 e. The maximum absolute atomic E-state index is 3.37. The highest BCUT2D eigenvalue weighted by atomic mass is 14.9. The average Bonchev–Trinajstić information content (AvgIpc) is 2.45. The van der Waals surface area contributed by atoms with Gasteiger partial charge in [-0.3, -0.25) is 0 Å². The van der Waals surface area contributed by atoms with E-state index >= 15 is 0 Å². The first-order chi connectivity index (χ1) is 6.09. The Bertz CT molecular complexity index is 304. The first kappa shape index (κ1) is 8.82. The van der Waals surface area contributed by atoms with Gasteiger partial charge in [0.05, 0.1) is 0 Å². The Morgan fingerprint density at radius 1 is 1.31 bits per heavy atom. The summed E-state index contributed by atoms with van der Waals surface area (Å²) in [5.41, 5.74) is 4.70. The molecule has 2 heteroatoms. The van der Waals surface area contributed by atoms with Crippen LogP contribution in [0.2, 0.25) is 0 Å². The number of hydrogen-bond donors (Lipinski definition) is 2. The van der Waals surface area contributed by atoms with Crippen LogP contribution in [0.5, 0.6) is 0 Å². The van der Waals surface area contributed by atoms with Crippen LogP contribution < -0.4 is 5.32 Å². The zero-order valence-electron chi connectivity index (χ0n) is 8.70. The third kappa shape index (κ3) is 1.51. The molecule has 0 fully saturated rings. The monoisotopic (exact) mass is 178 g/mol. The van der Waals surface area contributed by atoms with Crippen LogP contribution in [-0.4, -0.2) is 11.5 Å². The molecule has 1 aliphatic heterocycles. The molecule has 2 heterocycles. The second-order valence-corrected chi connectivity index (χ2v) is 4.84. The predicted molar refractivity (Wildman–Crippen MR) is 54.9 cm³/mol. The summed E-state index contributed by atoms with van der Waals surface area (Å²) in [5.74, 6) is 0. The van der Waals surface area contributed by atoms with Crippen LogP contribution in [0.4, 0.5) is 0 Å². The molecule has 2 N–H and O–H groups in total. The predicted octanol–water partition coefficient (Wildman–Crippen LogP) is 1.96. The third-order valence-electron chi connectivity index (χ3n) is 2.74. The van der Waals surface area contributed by atoms with Gasteiger partial charge in [0.2, 0.25) is 0 Å². The van der Waals surface area contributed by atoms with Gasteiger partial charge < -0.3 is 10.3 Å². The Balaban J connectivity index is 2.43. The van der Waals surface area contributed by atoms with Gasteiger partial charge in [0.25, 0.3) is 0 Å². The number of aromatic nitrogens is 1. The van der Waals surface area contributed by atoms with Gasteiger partial charge in [-0.1, -0.05) is 20.8 Å². The van der Waals surface area contributed by atoms with Gasteiger partial charge in [-0.2, -0.15) is 0 Å². The molecule has 0 bridgehead atoms. The zero-order chi connectivity index (χ0) is 9.47. The lowest BCUT2D eigenvalue weighted by Crippen LogP contribution is -2.25. The fourth-order valence-corrected chi connectivity index (χ4v) is 2.04. The van der Waals surface area contributed by atoms with Crippen molar-refractivity contribution in [3.05, 3.63) is 23.0 Å². The van der Waals surface area contributed by atoms with E-state index in [0.29, 0.717) is 0 Å². The molecular weight excluding hydrogens is 160 g/mol. The van der Waals surface area contributed by atoms with Crippen LogP contribution in [-0.2, 0) is 18.4 Å². The minimum absolute atomic E-state index is 0.279. The van der Waals surface area contributed by atoms with Gasteiger partial charge in [-0.05, 0) is 29.5 Å². The lowest BCUT2D eigenvalue weighted by atomic mass is 9.84. The Morgan fingerprint density at radius 2 is 2.08 bits per heavy atom. The van der Waals surface area contributed by atoms with E-state index in [9.17, 15) is 0 Å². The normalized spacial score (nSPS) is 17.2. The van der Waals surface area contributed by atoms with E-state index < -0.39 is 0 Å². The number of nitrogens with one attached hydrogen (secondary N) is 2. The lowest BCUT2D eigenvalue weighted by molar-refractivity contribution is 0.570. The molecule has 0 unspecified atom stereocenters. The second-order valence-electron chi connectivity index (χ2n) is 4.84. The molecule has 2 rings (SSSR count). The van der Waals surface area contributed by atoms with Gasteiger partial charge in [0.15, 0.2) is 0 Å². The van der Waals surface area contributed by atoms with E-state index in [0.717, 1.165) is 13.1 Å². The Labute approximate surface area is 79.7 Å². The van der Waals surface area contributed by atoms with E-state index in [-0.39, 0.29) is 5.41 Å². The first-order valence-corrected chi connectivity index (χ1v) is 4.99. The highest BCUT2D eigenvalue weighted by molar-refractivity contribution is 5.37. The fourth-order valence-electron chi connectivity index (χ4n) is 2.04. The number of H-pyrrole nitrogens is 1. The molecule has 1 aromatic heterocycles. The van der Waals surface area contributed by atoms with Crippen molar-refractivity contribution in [2.24, 2.45) is 0 Å². The second kappa shape index (κ2) is 2.88. The molecule has 1 aliphatic rings. The van der Waals surface area contributed by atoms with E-state index in [2.05, 4.69) is 37.3 Å². The molecule has 0 spiro atoms. The van der Waals surface area contributed by atoms with Crippen LogP contribution in [0.3, 0.4) is 0 Å². The van der Waals surface area contributed by atoms with Crippen molar-refractivity contribution in [1.82, 2.24) is 10.3 Å². The molecule has 0 atom stereocenters. The van der Waals surface area contributed by atoms with Gasteiger partial charge in [-0.25, -0.2) is 0 Å². The molecule has 13 heavy (non-hydrogen) atoms. The number of hydrogen-bond acceptors (Lipinski definition) is 1. The standard InChI is InChI=1S/C11H18N2/c1-11(2,3)9-6-13-10-7-12-5-4-8(9)10/h6,12-13H,4-5,7H2,1-3H3. The van der Waals surface area contributed by atoms with Crippen molar-refractivity contribution in [1.29, 1.82) is 0 Å². The molecule has 0 saturated heterocycles. The minimum atomic E-state index is 0.279. The smallest absolute Gasteiger partial charge is 0.0360 e. The van der Waals surface area contributed by atoms with Crippen LogP contribution >= 0.6 is 0 Å². The summed E-state index contributed by atoms with van der Waals surface area (Å²) in [6.07, 6.45) is 3.35. The third-order valence-corrected chi connectivity index (χ3v) is 2.74. The zero-order valence-corrected chi connectivity index (χ0v) is 8.70.